The molecule has 8 heteroatoms. The van der Waals surface area contributed by atoms with E-state index in [0.717, 1.165) is 0 Å². The molecule has 0 bridgehead atoms. The quantitative estimate of drug-likeness (QED) is 0.383. The van der Waals surface area contributed by atoms with Crippen LogP contribution in [0.2, 0.25) is 0 Å². The zero-order valence-corrected chi connectivity index (χ0v) is 14.1. The molecule has 136 valence electrons. The lowest BCUT2D eigenvalue weighted by Gasteiger charge is -2.08. The summed E-state index contributed by atoms with van der Waals surface area (Å²) in [5, 5.41) is 16.5. The van der Waals surface area contributed by atoms with E-state index in [4.69, 9.17) is 5.73 Å². The Labute approximate surface area is 149 Å². The maximum atomic E-state index is 12.8. The van der Waals surface area contributed by atoms with Crippen LogP contribution in [0, 0.1) is 0 Å². The van der Waals surface area contributed by atoms with Gasteiger partial charge in [-0.2, -0.15) is 5.10 Å². The van der Waals surface area contributed by atoms with E-state index in [1.54, 1.807) is 30.3 Å². The molecule has 0 fully saturated rings. The number of anilines is 1. The monoisotopic (exact) mass is 358 g/mol. The Bertz CT molecular complexity index is 854. The number of benzene rings is 1. The summed E-state index contributed by atoms with van der Waals surface area (Å²) in [4.78, 5) is 22.0. The van der Waals surface area contributed by atoms with Crippen LogP contribution in [0.4, 0.5) is 10.1 Å². The highest BCUT2D eigenvalue weighted by Gasteiger charge is 2.15. The number of nitrogens with zero attached hydrogens (tertiary/aromatic N) is 2. The Morgan fingerprint density at radius 2 is 2.04 bits per heavy atom. The van der Waals surface area contributed by atoms with Crippen LogP contribution in [0.5, 0.6) is 0 Å². The van der Waals surface area contributed by atoms with Gasteiger partial charge in [0.25, 0.3) is 5.91 Å². The number of amides is 2. The molecule has 2 aromatic rings. The molecule has 1 aromatic carbocycles. The van der Waals surface area contributed by atoms with Crippen molar-refractivity contribution < 1.29 is 19.1 Å². The number of alkyl halides is 1. The molecule has 0 radical (unpaired) electrons. The van der Waals surface area contributed by atoms with Crippen LogP contribution >= 0.6 is 0 Å². The van der Waals surface area contributed by atoms with E-state index >= 15 is 0 Å². The van der Waals surface area contributed by atoms with E-state index < -0.39 is 12.6 Å². The molecule has 0 atom stereocenters. The molecule has 0 saturated heterocycles. The second-order valence-electron chi connectivity index (χ2n) is 5.28. The van der Waals surface area contributed by atoms with Gasteiger partial charge >= 0.3 is 0 Å². The average Bonchev–Trinajstić information content (AvgIpc) is 3.05. The van der Waals surface area contributed by atoms with Gasteiger partial charge in [-0.3, -0.25) is 9.59 Å². The molecule has 0 aliphatic rings. The minimum absolute atomic E-state index is 0.00507. The largest absolute Gasteiger partial charge is 0.508 e. The normalized spacial score (nSPS) is 12.1. The maximum absolute atomic E-state index is 12.8. The number of hydrogen-bond acceptors (Lipinski definition) is 4. The molecule has 2 rings (SSSR count). The second kappa shape index (κ2) is 8.61. The molecule has 2 amide bonds. The van der Waals surface area contributed by atoms with Gasteiger partial charge in [-0.25, -0.2) is 9.07 Å². The first-order valence-corrected chi connectivity index (χ1v) is 7.87. The van der Waals surface area contributed by atoms with Crippen molar-refractivity contribution in [3.8, 4) is 5.69 Å². The molecule has 0 spiro atoms. The van der Waals surface area contributed by atoms with E-state index in [0.29, 0.717) is 29.7 Å². The number of carbonyl (C=O) groups is 2. The lowest BCUT2D eigenvalue weighted by Crippen LogP contribution is -2.14. The Morgan fingerprint density at radius 3 is 2.58 bits per heavy atom. The summed E-state index contributed by atoms with van der Waals surface area (Å²) in [6, 6.07) is 6.75. The van der Waals surface area contributed by atoms with Gasteiger partial charge in [0.05, 0.1) is 17.6 Å². The predicted molar refractivity (Wildman–Crippen MR) is 96.7 cm³/mol. The Morgan fingerprint density at radius 1 is 1.35 bits per heavy atom. The van der Waals surface area contributed by atoms with Crippen LogP contribution in [-0.4, -0.2) is 33.9 Å². The predicted octanol–water partition coefficient (Wildman–Crippen LogP) is 2.74. The molecule has 0 saturated carbocycles. The Balaban J connectivity index is 2.39. The lowest BCUT2D eigenvalue weighted by atomic mass is 10.0. The average molecular weight is 358 g/mol. The number of carbonyl (C=O) groups excluding carboxylic acids is 2. The first kappa shape index (κ1) is 18.9. The van der Waals surface area contributed by atoms with E-state index in [1.165, 1.54) is 17.0 Å². The van der Waals surface area contributed by atoms with Gasteiger partial charge in [0, 0.05) is 5.57 Å². The summed E-state index contributed by atoms with van der Waals surface area (Å²) in [7, 11) is 0. The summed E-state index contributed by atoms with van der Waals surface area (Å²) >= 11 is 0. The highest BCUT2D eigenvalue weighted by Crippen LogP contribution is 2.24. The number of allylic oxidation sites excluding steroid dienone is 3. The lowest BCUT2D eigenvalue weighted by molar-refractivity contribution is -0.105. The number of hydrogen-bond donors (Lipinski definition) is 3. The Kier molecular flexibility index (Phi) is 6.26. The molecule has 0 aliphatic heterocycles. The van der Waals surface area contributed by atoms with Crippen LogP contribution in [0.15, 0.2) is 48.4 Å². The Hall–Kier alpha value is -3.42. The van der Waals surface area contributed by atoms with E-state index in [2.05, 4.69) is 10.4 Å². The van der Waals surface area contributed by atoms with Gasteiger partial charge < -0.3 is 16.2 Å². The van der Waals surface area contributed by atoms with E-state index in [9.17, 15) is 19.1 Å². The van der Waals surface area contributed by atoms with E-state index in [-0.39, 0.29) is 17.1 Å². The number of nitrogens with one attached hydrogen (secondary N) is 1. The van der Waals surface area contributed by atoms with E-state index in [1.807, 2.05) is 6.92 Å². The maximum Gasteiger partial charge on any atom is 0.271 e. The summed E-state index contributed by atoms with van der Waals surface area (Å²) in [6.07, 6.45) is 5.38. The highest BCUT2D eigenvalue weighted by atomic mass is 19.1. The minimum atomic E-state index is -0.771. The molecule has 0 unspecified atom stereocenters. The summed E-state index contributed by atoms with van der Waals surface area (Å²) in [5.74, 6) is -0.766. The summed E-state index contributed by atoms with van der Waals surface area (Å²) < 4.78 is 14.1. The van der Waals surface area contributed by atoms with Crippen molar-refractivity contribution in [3.63, 3.8) is 0 Å². The second-order valence-corrected chi connectivity index (χ2v) is 5.28. The number of rotatable bonds is 8. The van der Waals surface area contributed by atoms with Gasteiger partial charge in [0.1, 0.15) is 12.4 Å². The van der Waals surface area contributed by atoms with Crippen LogP contribution < -0.4 is 11.1 Å². The van der Waals surface area contributed by atoms with Gasteiger partial charge in [0.15, 0.2) is 5.69 Å². The standard InChI is InChI=1S/C18H19FN4O3/c1-2-3-16(25)14(8-9-19)12-4-6-13(7-5-12)23-10-15(21-11-24)17(22-23)18(20)26/h3-8,10-11,25H,2,9H2,1H3,(H2,20,26)(H,21,24)/b14-8-,16-3+. The van der Waals surface area contributed by atoms with Gasteiger partial charge in [-0.05, 0) is 36.3 Å². The molecule has 1 aromatic heterocycles. The zero-order valence-electron chi connectivity index (χ0n) is 14.1. The fraction of sp³-hybridized carbons (Fsp3) is 0.167. The van der Waals surface area contributed by atoms with Crippen LogP contribution in [0.1, 0.15) is 29.4 Å². The van der Waals surface area contributed by atoms with Gasteiger partial charge in [-0.1, -0.05) is 19.1 Å². The third-order valence-corrected chi connectivity index (χ3v) is 3.56. The SMILES string of the molecule is CC/C=C(O)\C(=C/CF)c1ccc(-n2cc(NC=O)c(C(N)=O)n2)cc1. The fourth-order valence-corrected chi connectivity index (χ4v) is 2.40. The molecule has 0 aliphatic carbocycles. The van der Waals surface area contributed by atoms with Crippen molar-refractivity contribution in [2.45, 2.75) is 13.3 Å². The van der Waals surface area contributed by atoms with Crippen molar-refractivity contribution in [1.82, 2.24) is 9.78 Å². The first-order chi connectivity index (χ1) is 12.5. The third-order valence-electron chi connectivity index (χ3n) is 3.56. The first-order valence-electron chi connectivity index (χ1n) is 7.87. The van der Waals surface area contributed by atoms with Gasteiger partial charge in [0.2, 0.25) is 6.41 Å². The molecular weight excluding hydrogens is 339 g/mol. The summed E-state index contributed by atoms with van der Waals surface area (Å²) in [5.41, 5.74) is 6.98. The number of primary amides is 1. The van der Waals surface area contributed by atoms with Crippen LogP contribution in [0.3, 0.4) is 0 Å². The molecular formula is C18H19FN4O3. The number of halogens is 1. The zero-order chi connectivity index (χ0) is 19.1. The highest BCUT2D eigenvalue weighted by molar-refractivity contribution is 5.98. The third kappa shape index (κ3) is 4.15. The topological polar surface area (TPSA) is 110 Å². The van der Waals surface area contributed by atoms with Crippen molar-refractivity contribution in [2.75, 3.05) is 12.0 Å². The van der Waals surface area contributed by atoms with Crippen molar-refractivity contribution >= 4 is 23.6 Å². The fourth-order valence-electron chi connectivity index (χ4n) is 2.40. The van der Waals surface area contributed by atoms with Crippen molar-refractivity contribution in [3.05, 3.63) is 59.6 Å². The number of aromatic nitrogens is 2. The van der Waals surface area contributed by atoms with Crippen LogP contribution in [-0.2, 0) is 4.79 Å². The number of nitrogens with two attached hydrogens (primary N) is 1. The molecule has 7 nitrogen and oxygen atoms in total. The van der Waals surface area contributed by atoms with Crippen molar-refractivity contribution in [2.24, 2.45) is 5.73 Å². The molecule has 26 heavy (non-hydrogen) atoms. The number of aliphatic hydroxyl groups is 1. The smallest absolute Gasteiger partial charge is 0.271 e. The number of aliphatic hydroxyl groups excluding tert-OH is 1. The molecule has 1 heterocycles. The minimum Gasteiger partial charge on any atom is -0.508 e. The summed E-state index contributed by atoms with van der Waals surface area (Å²) in [6.45, 7) is 1.16. The van der Waals surface area contributed by atoms with Gasteiger partial charge in [-0.15, -0.1) is 0 Å². The van der Waals surface area contributed by atoms with Crippen LogP contribution in [0.25, 0.3) is 11.3 Å². The van der Waals surface area contributed by atoms with Crippen molar-refractivity contribution in [1.29, 1.82) is 0 Å². The molecule has 4 N–H and O–H groups in total.